The highest BCUT2D eigenvalue weighted by Gasteiger charge is 2.31. The first-order valence-electron chi connectivity index (χ1n) is 7.41. The Balaban J connectivity index is 1.84. The van der Waals surface area contributed by atoms with Crippen molar-refractivity contribution in [2.24, 2.45) is 5.92 Å². The van der Waals surface area contributed by atoms with E-state index in [2.05, 4.69) is 53.6 Å². The van der Waals surface area contributed by atoms with Crippen molar-refractivity contribution in [2.75, 3.05) is 6.54 Å². The molecule has 1 saturated carbocycles. The van der Waals surface area contributed by atoms with E-state index in [1.807, 2.05) is 6.07 Å². The van der Waals surface area contributed by atoms with Crippen molar-refractivity contribution >= 4 is 11.3 Å². The molecular weight excluding hydrogens is 266 g/mol. The van der Waals surface area contributed by atoms with Crippen LogP contribution in [0.2, 0.25) is 0 Å². The predicted octanol–water partition coefficient (Wildman–Crippen LogP) is 3.75. The van der Waals surface area contributed by atoms with Crippen molar-refractivity contribution in [3.63, 3.8) is 0 Å². The lowest BCUT2D eigenvalue weighted by Crippen LogP contribution is -2.21. The molecule has 1 N–H and O–H groups in total. The van der Waals surface area contributed by atoms with Crippen LogP contribution in [-0.4, -0.2) is 16.7 Å². The predicted molar refractivity (Wildman–Crippen MR) is 83.0 cm³/mol. The highest BCUT2D eigenvalue weighted by molar-refractivity contribution is 7.11. The van der Waals surface area contributed by atoms with Crippen LogP contribution >= 0.6 is 11.3 Å². The fraction of sp³-hybridized carbons (Fsp3) is 0.500. The molecule has 1 aliphatic carbocycles. The second-order valence-corrected chi connectivity index (χ2v) is 6.55. The van der Waals surface area contributed by atoms with Crippen LogP contribution < -0.4 is 5.32 Å². The Morgan fingerprint density at radius 1 is 1.20 bits per heavy atom. The quantitative estimate of drug-likeness (QED) is 0.879. The molecular formula is C16H21N3S. The minimum absolute atomic E-state index is 0.166. The molecule has 1 aliphatic rings. The van der Waals surface area contributed by atoms with Gasteiger partial charge in [0.15, 0.2) is 0 Å². The summed E-state index contributed by atoms with van der Waals surface area (Å²) in [5, 5.41) is 14.7. The molecule has 0 bridgehead atoms. The molecule has 4 heteroatoms. The SMILES string of the molecule is CCNC(c1ccccc1)c1nnc(C(C)C2CC2)s1. The fourth-order valence-corrected chi connectivity index (χ4v) is 3.64. The lowest BCUT2D eigenvalue weighted by Gasteiger charge is -2.15. The first-order valence-corrected chi connectivity index (χ1v) is 8.23. The van der Waals surface area contributed by atoms with E-state index in [1.165, 1.54) is 23.4 Å². The van der Waals surface area contributed by atoms with E-state index in [9.17, 15) is 0 Å². The maximum Gasteiger partial charge on any atom is 0.139 e. The molecule has 3 rings (SSSR count). The smallest absolute Gasteiger partial charge is 0.139 e. The molecule has 2 aromatic rings. The Morgan fingerprint density at radius 3 is 2.55 bits per heavy atom. The third-order valence-electron chi connectivity index (χ3n) is 3.96. The van der Waals surface area contributed by atoms with E-state index >= 15 is 0 Å². The molecule has 2 atom stereocenters. The molecule has 0 saturated heterocycles. The lowest BCUT2D eigenvalue weighted by molar-refractivity contribution is 0.617. The molecule has 1 fully saturated rings. The summed E-state index contributed by atoms with van der Waals surface area (Å²) in [7, 11) is 0. The third kappa shape index (κ3) is 2.91. The van der Waals surface area contributed by atoms with Gasteiger partial charge in [0.25, 0.3) is 0 Å². The fourth-order valence-electron chi connectivity index (χ4n) is 2.54. The molecule has 1 aromatic carbocycles. The number of hydrogen-bond acceptors (Lipinski definition) is 4. The Morgan fingerprint density at radius 2 is 1.90 bits per heavy atom. The average molecular weight is 287 g/mol. The van der Waals surface area contributed by atoms with Gasteiger partial charge in [0.1, 0.15) is 10.0 Å². The molecule has 20 heavy (non-hydrogen) atoms. The Kier molecular flexibility index (Phi) is 4.13. The van der Waals surface area contributed by atoms with Crippen molar-refractivity contribution in [1.29, 1.82) is 0 Å². The standard InChI is InChI=1S/C16H21N3S/c1-3-17-14(13-7-5-4-6-8-13)16-19-18-15(20-16)11(2)12-9-10-12/h4-8,11-12,14,17H,3,9-10H2,1-2H3. The molecule has 1 heterocycles. The van der Waals surface area contributed by atoms with Gasteiger partial charge in [-0.3, -0.25) is 0 Å². The van der Waals surface area contributed by atoms with Crippen molar-refractivity contribution in [3.05, 3.63) is 45.9 Å². The van der Waals surface area contributed by atoms with E-state index in [0.29, 0.717) is 5.92 Å². The second-order valence-electron chi connectivity index (χ2n) is 5.51. The average Bonchev–Trinajstić information content (AvgIpc) is 3.23. The van der Waals surface area contributed by atoms with Crippen molar-refractivity contribution in [3.8, 4) is 0 Å². The van der Waals surface area contributed by atoms with Crippen LogP contribution in [0.3, 0.4) is 0 Å². The molecule has 0 radical (unpaired) electrons. The van der Waals surface area contributed by atoms with Gasteiger partial charge in [0, 0.05) is 5.92 Å². The molecule has 0 aliphatic heterocycles. The van der Waals surface area contributed by atoms with Crippen LogP contribution in [0.4, 0.5) is 0 Å². The van der Waals surface area contributed by atoms with Gasteiger partial charge in [-0.05, 0) is 30.9 Å². The zero-order chi connectivity index (χ0) is 13.9. The first kappa shape index (κ1) is 13.7. The number of nitrogens with zero attached hydrogens (tertiary/aromatic N) is 2. The highest BCUT2D eigenvalue weighted by Crippen LogP contribution is 2.43. The monoisotopic (exact) mass is 287 g/mol. The number of nitrogens with one attached hydrogen (secondary N) is 1. The second kappa shape index (κ2) is 6.02. The number of rotatable bonds is 6. The van der Waals surface area contributed by atoms with Crippen LogP contribution in [-0.2, 0) is 0 Å². The summed E-state index contributed by atoms with van der Waals surface area (Å²) in [6.07, 6.45) is 2.71. The van der Waals surface area contributed by atoms with E-state index in [4.69, 9.17) is 0 Å². The Hall–Kier alpha value is -1.26. The van der Waals surface area contributed by atoms with Crippen LogP contribution in [0.5, 0.6) is 0 Å². The molecule has 3 nitrogen and oxygen atoms in total. The lowest BCUT2D eigenvalue weighted by atomic mass is 10.1. The summed E-state index contributed by atoms with van der Waals surface area (Å²) >= 11 is 1.77. The maximum absolute atomic E-state index is 4.45. The van der Waals surface area contributed by atoms with Crippen LogP contribution in [0, 0.1) is 5.92 Å². The topological polar surface area (TPSA) is 37.8 Å². The Bertz CT molecular complexity index is 548. The van der Waals surface area contributed by atoms with Crippen molar-refractivity contribution in [1.82, 2.24) is 15.5 Å². The van der Waals surface area contributed by atoms with Gasteiger partial charge in [0.2, 0.25) is 0 Å². The molecule has 106 valence electrons. The molecule has 0 spiro atoms. The van der Waals surface area contributed by atoms with Gasteiger partial charge in [-0.25, -0.2) is 0 Å². The van der Waals surface area contributed by atoms with Crippen LogP contribution in [0.1, 0.15) is 54.2 Å². The summed E-state index contributed by atoms with van der Waals surface area (Å²) < 4.78 is 0. The van der Waals surface area contributed by atoms with E-state index in [1.54, 1.807) is 11.3 Å². The van der Waals surface area contributed by atoms with E-state index < -0.39 is 0 Å². The van der Waals surface area contributed by atoms with E-state index in [0.717, 1.165) is 17.5 Å². The summed E-state index contributed by atoms with van der Waals surface area (Å²) in [6.45, 7) is 5.34. The highest BCUT2D eigenvalue weighted by atomic mass is 32.1. The maximum atomic E-state index is 4.45. The summed E-state index contributed by atoms with van der Waals surface area (Å²) in [5.74, 6) is 1.41. The summed E-state index contributed by atoms with van der Waals surface area (Å²) in [5.41, 5.74) is 1.26. The molecule has 0 amide bonds. The number of benzene rings is 1. The van der Waals surface area contributed by atoms with Gasteiger partial charge < -0.3 is 5.32 Å². The molecule has 2 unspecified atom stereocenters. The largest absolute Gasteiger partial charge is 0.304 e. The zero-order valence-corrected chi connectivity index (χ0v) is 12.9. The van der Waals surface area contributed by atoms with Gasteiger partial charge >= 0.3 is 0 Å². The van der Waals surface area contributed by atoms with Crippen molar-refractivity contribution in [2.45, 2.75) is 38.6 Å². The zero-order valence-electron chi connectivity index (χ0n) is 12.0. The van der Waals surface area contributed by atoms with Crippen LogP contribution in [0.25, 0.3) is 0 Å². The third-order valence-corrected chi connectivity index (χ3v) is 5.15. The van der Waals surface area contributed by atoms with Gasteiger partial charge in [-0.2, -0.15) is 0 Å². The van der Waals surface area contributed by atoms with Crippen LogP contribution in [0.15, 0.2) is 30.3 Å². The van der Waals surface area contributed by atoms with Gasteiger partial charge in [0.05, 0.1) is 6.04 Å². The first-order chi connectivity index (χ1) is 9.79. The summed E-state index contributed by atoms with van der Waals surface area (Å²) in [6, 6.07) is 10.7. The van der Waals surface area contributed by atoms with Gasteiger partial charge in [-0.1, -0.05) is 55.5 Å². The number of hydrogen-bond donors (Lipinski definition) is 1. The number of aromatic nitrogens is 2. The normalized spacial score (nSPS) is 17.9. The van der Waals surface area contributed by atoms with Gasteiger partial charge in [-0.15, -0.1) is 10.2 Å². The Labute approximate surface area is 124 Å². The minimum atomic E-state index is 0.166. The van der Waals surface area contributed by atoms with Crippen molar-refractivity contribution < 1.29 is 0 Å². The van der Waals surface area contributed by atoms with E-state index in [-0.39, 0.29) is 6.04 Å². The summed E-state index contributed by atoms with van der Waals surface area (Å²) in [4.78, 5) is 0. The molecule has 1 aromatic heterocycles. The minimum Gasteiger partial charge on any atom is -0.304 e.